The third-order valence-corrected chi connectivity index (χ3v) is 4.48. The van der Waals surface area contributed by atoms with Gasteiger partial charge in [-0.1, -0.05) is 27.7 Å². The molecule has 1 aliphatic heterocycles. The van der Waals surface area contributed by atoms with Gasteiger partial charge in [0.2, 0.25) is 0 Å². The number of aryl methyl sites for hydroxylation is 1. The van der Waals surface area contributed by atoms with E-state index in [0.717, 1.165) is 43.5 Å². The van der Waals surface area contributed by atoms with Crippen molar-refractivity contribution in [2.24, 2.45) is 5.92 Å². The van der Waals surface area contributed by atoms with Crippen molar-refractivity contribution >= 4 is 11.8 Å². The summed E-state index contributed by atoms with van der Waals surface area (Å²) in [6.07, 6.45) is 0. The van der Waals surface area contributed by atoms with Crippen LogP contribution in [0.4, 0.5) is 5.82 Å². The lowest BCUT2D eigenvalue weighted by atomic mass is 10.0. The molecule has 0 amide bonds. The monoisotopic (exact) mass is 334 g/mol. The van der Waals surface area contributed by atoms with Gasteiger partial charge in [-0.3, -0.25) is 9.69 Å². The number of ether oxygens (including phenoxy) is 1. The van der Waals surface area contributed by atoms with E-state index in [1.54, 1.807) is 0 Å². The van der Waals surface area contributed by atoms with Crippen LogP contribution < -0.4 is 4.90 Å². The maximum Gasteiger partial charge on any atom is 0.323 e. The van der Waals surface area contributed by atoms with Crippen molar-refractivity contribution in [1.82, 2.24) is 14.9 Å². The average molecular weight is 334 g/mol. The molecule has 134 valence electrons. The summed E-state index contributed by atoms with van der Waals surface area (Å²) in [5.41, 5.74) is 1.00. The van der Waals surface area contributed by atoms with Crippen molar-refractivity contribution in [3.05, 3.63) is 17.6 Å². The minimum absolute atomic E-state index is 0.140. The van der Waals surface area contributed by atoms with Crippen LogP contribution in [0.5, 0.6) is 0 Å². The summed E-state index contributed by atoms with van der Waals surface area (Å²) in [6.45, 7) is 13.7. The molecule has 24 heavy (non-hydrogen) atoms. The lowest BCUT2D eigenvalue weighted by Crippen LogP contribution is -2.54. The van der Waals surface area contributed by atoms with E-state index in [9.17, 15) is 4.79 Å². The van der Waals surface area contributed by atoms with Gasteiger partial charge in [0.1, 0.15) is 17.7 Å². The number of nitrogens with zero attached hydrogens (tertiary/aromatic N) is 4. The Balaban J connectivity index is 2.08. The number of methoxy groups -OCH3 is 1. The third kappa shape index (κ3) is 4.23. The van der Waals surface area contributed by atoms with Crippen molar-refractivity contribution in [2.45, 2.75) is 46.6 Å². The van der Waals surface area contributed by atoms with E-state index in [-0.39, 0.29) is 17.9 Å². The summed E-state index contributed by atoms with van der Waals surface area (Å²) in [4.78, 5) is 25.8. The Bertz CT molecular complexity index is 566. The largest absolute Gasteiger partial charge is 0.468 e. The average Bonchev–Trinajstić information content (AvgIpc) is 2.54. The lowest BCUT2D eigenvalue weighted by molar-refractivity contribution is -0.149. The van der Waals surface area contributed by atoms with Crippen LogP contribution >= 0.6 is 0 Å². The smallest absolute Gasteiger partial charge is 0.323 e. The minimum Gasteiger partial charge on any atom is -0.468 e. The summed E-state index contributed by atoms with van der Waals surface area (Å²) >= 11 is 0. The molecule has 1 atom stereocenters. The number of carbonyl (C=O) groups excluding carboxylic acids is 1. The second-order valence-electron chi connectivity index (χ2n) is 7.12. The quantitative estimate of drug-likeness (QED) is 0.770. The molecule has 0 saturated carbocycles. The zero-order valence-corrected chi connectivity index (χ0v) is 15.7. The summed E-state index contributed by atoms with van der Waals surface area (Å²) in [6, 6.07) is 1.87. The van der Waals surface area contributed by atoms with Gasteiger partial charge in [0.05, 0.1) is 7.11 Å². The van der Waals surface area contributed by atoms with Crippen LogP contribution in [0, 0.1) is 12.8 Å². The number of anilines is 1. The Morgan fingerprint density at radius 1 is 1.12 bits per heavy atom. The highest BCUT2D eigenvalue weighted by Crippen LogP contribution is 2.21. The molecule has 2 rings (SSSR count). The molecule has 0 radical (unpaired) electrons. The van der Waals surface area contributed by atoms with Crippen LogP contribution in [0.25, 0.3) is 0 Å². The highest BCUT2D eigenvalue weighted by atomic mass is 16.5. The molecule has 6 heteroatoms. The van der Waals surface area contributed by atoms with Crippen molar-refractivity contribution in [3.8, 4) is 0 Å². The molecule has 0 N–H and O–H groups in total. The van der Waals surface area contributed by atoms with Crippen LogP contribution in [-0.2, 0) is 9.53 Å². The Morgan fingerprint density at radius 3 is 2.25 bits per heavy atom. The van der Waals surface area contributed by atoms with Crippen LogP contribution in [0.3, 0.4) is 0 Å². The zero-order valence-electron chi connectivity index (χ0n) is 15.7. The van der Waals surface area contributed by atoms with E-state index in [2.05, 4.69) is 42.5 Å². The molecule has 0 bridgehead atoms. The number of esters is 1. The molecule has 0 spiro atoms. The van der Waals surface area contributed by atoms with Gasteiger partial charge >= 0.3 is 5.97 Å². The molecule has 2 heterocycles. The number of piperazine rings is 1. The van der Waals surface area contributed by atoms with E-state index in [1.807, 2.05) is 13.0 Å². The summed E-state index contributed by atoms with van der Waals surface area (Å²) in [5, 5.41) is 0. The van der Waals surface area contributed by atoms with E-state index in [1.165, 1.54) is 7.11 Å². The first-order valence-electron chi connectivity index (χ1n) is 8.76. The topological polar surface area (TPSA) is 58.6 Å². The standard InChI is InChI=1S/C18H30N4O2/c1-12(2)16(18(23)24-6)22-9-7-21(8-10-22)15-11-14(5)19-17(20-15)13(3)4/h11-13,16H,7-10H2,1-6H3/t16-/m1/s1. The van der Waals surface area contributed by atoms with Gasteiger partial charge < -0.3 is 9.64 Å². The molecule has 6 nitrogen and oxygen atoms in total. The van der Waals surface area contributed by atoms with Crippen LogP contribution in [0.2, 0.25) is 0 Å². The summed E-state index contributed by atoms with van der Waals surface area (Å²) in [5.74, 6) is 2.29. The Labute approximate surface area is 145 Å². The predicted octanol–water partition coefficient (Wildman–Crippen LogP) is 2.23. The van der Waals surface area contributed by atoms with Crippen molar-refractivity contribution in [3.63, 3.8) is 0 Å². The van der Waals surface area contributed by atoms with E-state index < -0.39 is 0 Å². The first kappa shape index (κ1) is 18.6. The molecule has 1 saturated heterocycles. The molecule has 0 aliphatic carbocycles. The van der Waals surface area contributed by atoms with Gasteiger partial charge in [0.25, 0.3) is 0 Å². The summed E-state index contributed by atoms with van der Waals surface area (Å²) < 4.78 is 4.98. The zero-order chi connectivity index (χ0) is 17.9. The van der Waals surface area contributed by atoms with Crippen molar-refractivity contribution in [1.29, 1.82) is 0 Å². The summed E-state index contributed by atoms with van der Waals surface area (Å²) in [7, 11) is 1.46. The maximum atomic E-state index is 12.1. The predicted molar refractivity (Wildman–Crippen MR) is 95.3 cm³/mol. The first-order chi connectivity index (χ1) is 11.3. The Hall–Kier alpha value is -1.69. The molecule has 1 fully saturated rings. The fourth-order valence-electron chi connectivity index (χ4n) is 3.19. The van der Waals surface area contributed by atoms with Gasteiger partial charge in [0, 0.05) is 43.9 Å². The molecule has 0 unspecified atom stereocenters. The Kier molecular flexibility index (Phi) is 6.15. The van der Waals surface area contributed by atoms with Gasteiger partial charge in [-0.25, -0.2) is 9.97 Å². The number of aromatic nitrogens is 2. The van der Waals surface area contributed by atoms with Crippen LogP contribution in [-0.4, -0.2) is 60.2 Å². The second kappa shape index (κ2) is 7.92. The van der Waals surface area contributed by atoms with E-state index in [0.29, 0.717) is 5.92 Å². The fraction of sp³-hybridized carbons (Fsp3) is 0.722. The fourth-order valence-corrected chi connectivity index (χ4v) is 3.19. The molecule has 1 aromatic rings. The van der Waals surface area contributed by atoms with Gasteiger partial charge in [-0.15, -0.1) is 0 Å². The minimum atomic E-state index is -0.171. The Morgan fingerprint density at radius 2 is 1.75 bits per heavy atom. The highest BCUT2D eigenvalue weighted by molar-refractivity contribution is 5.76. The van der Waals surface area contributed by atoms with Crippen molar-refractivity contribution < 1.29 is 9.53 Å². The first-order valence-corrected chi connectivity index (χ1v) is 8.76. The molecule has 1 aromatic heterocycles. The van der Waals surface area contributed by atoms with Crippen LogP contribution in [0.15, 0.2) is 6.07 Å². The number of hydrogen-bond acceptors (Lipinski definition) is 6. The highest BCUT2D eigenvalue weighted by Gasteiger charge is 2.32. The molecule has 0 aromatic carbocycles. The number of hydrogen-bond donors (Lipinski definition) is 0. The normalized spacial score (nSPS) is 17.4. The van der Waals surface area contributed by atoms with E-state index >= 15 is 0 Å². The molecular weight excluding hydrogens is 304 g/mol. The second-order valence-corrected chi connectivity index (χ2v) is 7.12. The SMILES string of the molecule is COC(=O)[C@@H](C(C)C)N1CCN(c2cc(C)nc(C(C)C)n2)CC1. The van der Waals surface area contributed by atoms with Gasteiger partial charge in [0.15, 0.2) is 0 Å². The van der Waals surface area contributed by atoms with Gasteiger partial charge in [-0.05, 0) is 12.8 Å². The lowest BCUT2D eigenvalue weighted by Gasteiger charge is -2.40. The third-order valence-electron chi connectivity index (χ3n) is 4.48. The van der Waals surface area contributed by atoms with Crippen LogP contribution in [0.1, 0.15) is 45.1 Å². The number of rotatable bonds is 5. The number of carbonyl (C=O) groups is 1. The molecule has 1 aliphatic rings. The van der Waals surface area contributed by atoms with Gasteiger partial charge in [-0.2, -0.15) is 0 Å². The van der Waals surface area contributed by atoms with E-state index in [4.69, 9.17) is 9.72 Å². The maximum absolute atomic E-state index is 12.1. The van der Waals surface area contributed by atoms with Crippen molar-refractivity contribution in [2.75, 3.05) is 38.2 Å². The molecular formula is C18H30N4O2.